The number of pyridine rings is 1. The van der Waals surface area contributed by atoms with E-state index < -0.39 is 0 Å². The fraction of sp³-hybridized carbons (Fsp3) is 0.286. The fourth-order valence-electron chi connectivity index (χ4n) is 4.13. The van der Waals surface area contributed by atoms with Crippen LogP contribution in [0.25, 0.3) is 10.2 Å². The van der Waals surface area contributed by atoms with Gasteiger partial charge in [-0.25, -0.2) is 4.98 Å². The molecule has 4 aromatic rings. The second kappa shape index (κ2) is 11.4. The van der Waals surface area contributed by atoms with Crippen molar-refractivity contribution >= 4 is 33.1 Å². The second-order valence-corrected chi connectivity index (χ2v) is 9.38. The zero-order valence-electron chi connectivity index (χ0n) is 19.9. The predicted molar refractivity (Wildman–Crippen MR) is 141 cm³/mol. The maximum atomic E-state index is 13.3. The third-order valence-electron chi connectivity index (χ3n) is 5.75. The number of amides is 1. The number of fused-ring (bicyclic) bond motifs is 1. The zero-order valence-corrected chi connectivity index (χ0v) is 20.7. The van der Waals surface area contributed by atoms with Gasteiger partial charge in [0.15, 0.2) is 0 Å². The Morgan fingerprint density at radius 3 is 2.47 bits per heavy atom. The molecule has 2 aromatic heterocycles. The number of aryl methyl sites for hydroxylation is 1. The molecule has 6 heteroatoms. The maximum absolute atomic E-state index is 13.3. The van der Waals surface area contributed by atoms with Crippen molar-refractivity contribution in [3.63, 3.8) is 0 Å². The molecule has 0 spiro atoms. The Bertz CT molecular complexity index is 1240. The average Bonchev–Trinajstić information content (AvgIpc) is 3.20. The standard InChI is InChI=1S/C28H31N3O2S/c1-4-5-16-29-24(20-12-8-6-9-13-20)26-25(31-27(32)21-14-10-7-11-15-21)23-22(18-33-3)17-19(2)30-28(23)34-26/h6-15,17,24,29H,4-5,16,18H2,1-3H3,(H,31,32)/t24-/m1/s1. The Morgan fingerprint density at radius 2 is 1.79 bits per heavy atom. The van der Waals surface area contributed by atoms with Crippen LogP contribution >= 0.6 is 11.3 Å². The van der Waals surface area contributed by atoms with Crippen LogP contribution in [-0.2, 0) is 11.3 Å². The summed E-state index contributed by atoms with van der Waals surface area (Å²) in [5.74, 6) is -0.133. The number of ether oxygens (including phenoxy) is 1. The number of carbonyl (C=O) groups excluding carboxylic acids is 1. The number of unbranched alkanes of at least 4 members (excludes halogenated alkanes) is 1. The summed E-state index contributed by atoms with van der Waals surface area (Å²) in [4.78, 5) is 20.1. The first-order valence-electron chi connectivity index (χ1n) is 11.7. The molecule has 1 amide bonds. The molecule has 0 saturated carbocycles. The van der Waals surface area contributed by atoms with E-state index in [9.17, 15) is 4.79 Å². The molecule has 2 heterocycles. The van der Waals surface area contributed by atoms with E-state index in [0.717, 1.165) is 57.0 Å². The van der Waals surface area contributed by atoms with Crippen molar-refractivity contribution in [1.29, 1.82) is 0 Å². The summed E-state index contributed by atoms with van der Waals surface area (Å²) in [6, 6.07) is 21.7. The summed E-state index contributed by atoms with van der Waals surface area (Å²) < 4.78 is 5.52. The van der Waals surface area contributed by atoms with Gasteiger partial charge in [-0.3, -0.25) is 4.79 Å². The SMILES string of the molecule is CCCCN[C@H](c1ccccc1)c1sc2nc(C)cc(COC)c2c1NC(=O)c1ccccc1. The van der Waals surface area contributed by atoms with E-state index in [2.05, 4.69) is 41.8 Å². The minimum Gasteiger partial charge on any atom is -0.380 e. The Morgan fingerprint density at radius 1 is 1.09 bits per heavy atom. The van der Waals surface area contributed by atoms with Crippen LogP contribution in [0.15, 0.2) is 66.7 Å². The van der Waals surface area contributed by atoms with Crippen LogP contribution in [0.3, 0.4) is 0 Å². The van der Waals surface area contributed by atoms with E-state index in [0.29, 0.717) is 12.2 Å². The van der Waals surface area contributed by atoms with Crippen LogP contribution < -0.4 is 10.6 Å². The first-order chi connectivity index (χ1) is 16.6. The molecular formula is C28H31N3O2S. The number of thiophene rings is 1. The van der Waals surface area contributed by atoms with Gasteiger partial charge in [0.2, 0.25) is 0 Å². The second-order valence-electron chi connectivity index (χ2n) is 8.35. The smallest absolute Gasteiger partial charge is 0.255 e. The minimum absolute atomic E-state index is 0.0614. The van der Waals surface area contributed by atoms with Crippen molar-refractivity contribution in [2.45, 2.75) is 39.3 Å². The number of nitrogens with one attached hydrogen (secondary N) is 2. The number of hydrogen-bond donors (Lipinski definition) is 2. The highest BCUT2D eigenvalue weighted by atomic mass is 32.1. The lowest BCUT2D eigenvalue weighted by atomic mass is 10.0. The first-order valence-corrected chi connectivity index (χ1v) is 12.5. The Kier molecular flexibility index (Phi) is 8.06. The van der Waals surface area contributed by atoms with Crippen molar-refractivity contribution in [3.05, 3.63) is 94.0 Å². The molecule has 0 fully saturated rings. The van der Waals surface area contributed by atoms with Gasteiger partial charge >= 0.3 is 0 Å². The van der Waals surface area contributed by atoms with Gasteiger partial charge in [-0.05, 0) is 49.2 Å². The first kappa shape index (κ1) is 24.1. The normalized spacial score (nSPS) is 12.1. The lowest BCUT2D eigenvalue weighted by Crippen LogP contribution is -2.24. The van der Waals surface area contributed by atoms with E-state index >= 15 is 0 Å². The van der Waals surface area contributed by atoms with E-state index in [-0.39, 0.29) is 11.9 Å². The molecule has 0 aliphatic heterocycles. The molecule has 4 rings (SSSR count). The highest BCUT2D eigenvalue weighted by Gasteiger charge is 2.26. The zero-order chi connectivity index (χ0) is 23.9. The monoisotopic (exact) mass is 473 g/mol. The van der Waals surface area contributed by atoms with Crippen LogP contribution in [0, 0.1) is 6.92 Å². The number of methoxy groups -OCH3 is 1. The third kappa shape index (κ3) is 5.36. The number of hydrogen-bond acceptors (Lipinski definition) is 5. The van der Waals surface area contributed by atoms with Gasteiger partial charge in [-0.2, -0.15) is 0 Å². The minimum atomic E-state index is -0.133. The van der Waals surface area contributed by atoms with Crippen LogP contribution in [0.1, 0.15) is 57.9 Å². The molecule has 2 N–H and O–H groups in total. The van der Waals surface area contributed by atoms with E-state index in [1.165, 1.54) is 0 Å². The predicted octanol–water partition coefficient (Wildman–Crippen LogP) is 6.48. The molecule has 1 atom stereocenters. The molecule has 0 aliphatic carbocycles. The number of benzene rings is 2. The van der Waals surface area contributed by atoms with Gasteiger partial charge < -0.3 is 15.4 Å². The Hall–Kier alpha value is -3.06. The van der Waals surface area contributed by atoms with Crippen molar-refractivity contribution < 1.29 is 9.53 Å². The summed E-state index contributed by atoms with van der Waals surface area (Å²) in [7, 11) is 1.69. The topological polar surface area (TPSA) is 63.3 Å². The van der Waals surface area contributed by atoms with Crippen LogP contribution in [0.4, 0.5) is 5.69 Å². The Labute approximate surface area is 205 Å². The summed E-state index contributed by atoms with van der Waals surface area (Å²) >= 11 is 1.63. The molecule has 0 unspecified atom stereocenters. The van der Waals surface area contributed by atoms with Gasteiger partial charge in [-0.1, -0.05) is 61.9 Å². The molecule has 0 saturated heterocycles. The van der Waals surface area contributed by atoms with Crippen LogP contribution in [0.5, 0.6) is 0 Å². The molecule has 0 aliphatic rings. The van der Waals surface area contributed by atoms with E-state index in [4.69, 9.17) is 9.72 Å². The van der Waals surface area contributed by atoms with Gasteiger partial charge in [0, 0.05) is 23.8 Å². The maximum Gasteiger partial charge on any atom is 0.255 e. The number of nitrogens with zero attached hydrogens (tertiary/aromatic N) is 1. The van der Waals surface area contributed by atoms with Crippen LogP contribution in [-0.4, -0.2) is 24.5 Å². The highest BCUT2D eigenvalue weighted by molar-refractivity contribution is 7.19. The number of rotatable bonds is 10. The lowest BCUT2D eigenvalue weighted by molar-refractivity contribution is 0.102. The molecule has 34 heavy (non-hydrogen) atoms. The van der Waals surface area contributed by atoms with Crippen LogP contribution in [0.2, 0.25) is 0 Å². The van der Waals surface area contributed by atoms with E-state index in [1.807, 2.05) is 49.4 Å². The summed E-state index contributed by atoms with van der Waals surface area (Å²) in [6.07, 6.45) is 2.18. The molecule has 0 radical (unpaired) electrons. The molecule has 5 nitrogen and oxygen atoms in total. The number of aromatic nitrogens is 1. The average molecular weight is 474 g/mol. The van der Waals surface area contributed by atoms with Crippen molar-refractivity contribution in [1.82, 2.24) is 10.3 Å². The highest BCUT2D eigenvalue weighted by Crippen LogP contribution is 2.43. The molecular weight excluding hydrogens is 442 g/mol. The largest absolute Gasteiger partial charge is 0.380 e. The fourth-order valence-corrected chi connectivity index (χ4v) is 5.46. The van der Waals surface area contributed by atoms with Crippen molar-refractivity contribution in [2.75, 3.05) is 19.0 Å². The summed E-state index contributed by atoms with van der Waals surface area (Å²) in [5.41, 5.74) is 4.55. The van der Waals surface area contributed by atoms with Gasteiger partial charge in [0.25, 0.3) is 5.91 Å². The van der Waals surface area contributed by atoms with Gasteiger partial charge in [-0.15, -0.1) is 11.3 Å². The summed E-state index contributed by atoms with van der Waals surface area (Å²) in [5, 5.41) is 7.93. The Balaban J connectivity index is 1.89. The molecule has 176 valence electrons. The lowest BCUT2D eigenvalue weighted by Gasteiger charge is -2.20. The summed E-state index contributed by atoms with van der Waals surface area (Å²) in [6.45, 7) is 5.51. The number of anilines is 1. The quantitative estimate of drug-likeness (QED) is 0.259. The van der Waals surface area contributed by atoms with Gasteiger partial charge in [0.1, 0.15) is 4.83 Å². The third-order valence-corrected chi connectivity index (χ3v) is 6.90. The number of carbonyl (C=O) groups is 1. The van der Waals surface area contributed by atoms with E-state index in [1.54, 1.807) is 18.4 Å². The van der Waals surface area contributed by atoms with Crippen molar-refractivity contribution in [2.24, 2.45) is 0 Å². The van der Waals surface area contributed by atoms with Crippen molar-refractivity contribution in [3.8, 4) is 0 Å². The molecule has 0 bridgehead atoms. The molecule has 2 aromatic carbocycles. The van der Waals surface area contributed by atoms with Gasteiger partial charge in [0.05, 0.1) is 23.2 Å².